The lowest BCUT2D eigenvalue weighted by Gasteiger charge is -2.06. The molecule has 0 unspecified atom stereocenters. The third-order valence-electron chi connectivity index (χ3n) is 3.38. The number of hydrogen-bond donors (Lipinski definition) is 1. The molecular formula is C18H17N3OS. The highest BCUT2D eigenvalue weighted by atomic mass is 32.1. The fourth-order valence-corrected chi connectivity index (χ4v) is 3.16. The fourth-order valence-electron chi connectivity index (χ4n) is 2.18. The zero-order chi connectivity index (χ0) is 16.2. The molecule has 0 fully saturated rings. The van der Waals surface area contributed by atoms with Crippen molar-refractivity contribution in [2.45, 2.75) is 20.3 Å². The van der Waals surface area contributed by atoms with Crippen molar-refractivity contribution < 1.29 is 4.79 Å². The monoisotopic (exact) mass is 323 g/mol. The fraction of sp³-hybridized carbons (Fsp3) is 0.167. The van der Waals surface area contributed by atoms with Gasteiger partial charge in [0.1, 0.15) is 11.6 Å². The summed E-state index contributed by atoms with van der Waals surface area (Å²) in [5.74, 6) is 1.67. The summed E-state index contributed by atoms with van der Waals surface area (Å²) in [6.45, 7) is 3.90. The number of carbonyl (C=O) groups excluding carboxylic acids is 1. The van der Waals surface area contributed by atoms with E-state index < -0.39 is 0 Å². The van der Waals surface area contributed by atoms with E-state index in [1.807, 2.05) is 56.3 Å². The molecule has 0 saturated heterocycles. The Labute approximate surface area is 139 Å². The molecule has 3 rings (SSSR count). The minimum absolute atomic E-state index is 0.166. The Morgan fingerprint density at radius 2 is 2.04 bits per heavy atom. The van der Waals surface area contributed by atoms with Crippen LogP contribution in [0.15, 0.2) is 48.7 Å². The summed E-state index contributed by atoms with van der Waals surface area (Å²) in [7, 11) is 0. The van der Waals surface area contributed by atoms with Crippen LogP contribution in [0, 0.1) is 6.92 Å². The van der Waals surface area contributed by atoms with Crippen molar-refractivity contribution >= 4 is 28.8 Å². The van der Waals surface area contributed by atoms with Crippen LogP contribution in [0.2, 0.25) is 0 Å². The standard InChI is InChI=1S/C18H17N3OS/c1-3-14(22)16-8-7-15(23-16)13-5-4-6-17(20-13)21-18-11-12(2)9-10-19-18/h4-11H,3H2,1-2H3,(H,19,20,21). The van der Waals surface area contributed by atoms with Crippen LogP contribution in [0.25, 0.3) is 10.6 Å². The van der Waals surface area contributed by atoms with Crippen LogP contribution >= 0.6 is 11.3 Å². The van der Waals surface area contributed by atoms with E-state index in [0.717, 1.165) is 32.6 Å². The Hall–Kier alpha value is -2.53. The van der Waals surface area contributed by atoms with Gasteiger partial charge in [-0.25, -0.2) is 9.97 Å². The smallest absolute Gasteiger partial charge is 0.172 e. The van der Waals surface area contributed by atoms with Crippen molar-refractivity contribution in [2.24, 2.45) is 0 Å². The maximum absolute atomic E-state index is 11.8. The second kappa shape index (κ2) is 6.71. The number of anilines is 2. The first-order valence-corrected chi connectivity index (χ1v) is 8.27. The largest absolute Gasteiger partial charge is 0.325 e. The van der Waals surface area contributed by atoms with Gasteiger partial charge in [-0.15, -0.1) is 11.3 Å². The van der Waals surface area contributed by atoms with Crippen LogP contribution in [0.1, 0.15) is 28.6 Å². The summed E-state index contributed by atoms with van der Waals surface area (Å²) in [6.07, 6.45) is 2.29. The highest BCUT2D eigenvalue weighted by Crippen LogP contribution is 2.28. The zero-order valence-corrected chi connectivity index (χ0v) is 13.9. The summed E-state index contributed by atoms with van der Waals surface area (Å²) >= 11 is 1.48. The molecule has 0 spiro atoms. The molecule has 0 bridgehead atoms. The van der Waals surface area contributed by atoms with E-state index in [1.54, 1.807) is 6.20 Å². The predicted octanol–water partition coefficient (Wildman–Crippen LogP) is 4.85. The van der Waals surface area contributed by atoms with E-state index in [9.17, 15) is 4.79 Å². The van der Waals surface area contributed by atoms with E-state index in [2.05, 4.69) is 15.3 Å². The summed E-state index contributed by atoms with van der Waals surface area (Å²) < 4.78 is 0. The molecule has 4 nitrogen and oxygen atoms in total. The molecule has 0 aliphatic carbocycles. The van der Waals surface area contributed by atoms with E-state index >= 15 is 0 Å². The Balaban J connectivity index is 1.85. The predicted molar refractivity (Wildman–Crippen MR) is 94.4 cm³/mol. The van der Waals surface area contributed by atoms with Gasteiger partial charge >= 0.3 is 0 Å². The first-order valence-electron chi connectivity index (χ1n) is 7.46. The molecule has 0 aliphatic rings. The molecule has 3 aromatic heterocycles. The average molecular weight is 323 g/mol. The number of ketones is 1. The number of pyridine rings is 2. The third kappa shape index (κ3) is 3.63. The van der Waals surface area contributed by atoms with Gasteiger partial charge in [0.05, 0.1) is 15.4 Å². The van der Waals surface area contributed by atoms with E-state index in [0.29, 0.717) is 6.42 Å². The van der Waals surface area contributed by atoms with Gasteiger partial charge in [0, 0.05) is 12.6 Å². The quantitative estimate of drug-likeness (QED) is 0.682. The normalized spacial score (nSPS) is 10.5. The molecule has 3 heterocycles. The number of rotatable bonds is 5. The van der Waals surface area contributed by atoms with Crippen molar-refractivity contribution in [3.05, 3.63) is 59.1 Å². The van der Waals surface area contributed by atoms with Crippen molar-refractivity contribution in [2.75, 3.05) is 5.32 Å². The second-order valence-corrected chi connectivity index (χ2v) is 6.28. The first-order chi connectivity index (χ1) is 11.2. The minimum Gasteiger partial charge on any atom is -0.325 e. The molecule has 0 aliphatic heterocycles. The highest BCUT2D eigenvalue weighted by Gasteiger charge is 2.10. The Morgan fingerprint density at radius 1 is 1.17 bits per heavy atom. The molecule has 0 radical (unpaired) electrons. The maximum atomic E-state index is 11.8. The second-order valence-electron chi connectivity index (χ2n) is 5.19. The van der Waals surface area contributed by atoms with Gasteiger partial charge in [-0.05, 0) is 48.9 Å². The van der Waals surface area contributed by atoms with Gasteiger partial charge in [-0.1, -0.05) is 13.0 Å². The van der Waals surface area contributed by atoms with Crippen LogP contribution in [0.3, 0.4) is 0 Å². The summed E-state index contributed by atoms with van der Waals surface area (Å²) in [4.78, 5) is 22.4. The minimum atomic E-state index is 0.166. The molecule has 0 atom stereocenters. The summed E-state index contributed by atoms with van der Waals surface area (Å²) in [5, 5.41) is 3.21. The summed E-state index contributed by atoms with van der Waals surface area (Å²) in [6, 6.07) is 13.5. The van der Waals surface area contributed by atoms with Crippen molar-refractivity contribution in [3.8, 4) is 10.6 Å². The lowest BCUT2D eigenvalue weighted by atomic mass is 10.2. The topological polar surface area (TPSA) is 54.9 Å². The van der Waals surface area contributed by atoms with Gasteiger partial charge in [-0.2, -0.15) is 0 Å². The molecule has 23 heavy (non-hydrogen) atoms. The number of nitrogens with one attached hydrogen (secondary N) is 1. The van der Waals surface area contributed by atoms with Crippen LogP contribution < -0.4 is 5.32 Å². The molecule has 0 saturated carbocycles. The van der Waals surface area contributed by atoms with Crippen molar-refractivity contribution in [3.63, 3.8) is 0 Å². The summed E-state index contributed by atoms with van der Waals surface area (Å²) in [5.41, 5.74) is 1.99. The SMILES string of the molecule is CCC(=O)c1ccc(-c2cccc(Nc3cc(C)ccn3)n2)s1. The van der Waals surface area contributed by atoms with Crippen LogP contribution in [-0.4, -0.2) is 15.8 Å². The highest BCUT2D eigenvalue weighted by molar-refractivity contribution is 7.17. The zero-order valence-electron chi connectivity index (χ0n) is 13.0. The van der Waals surface area contributed by atoms with Crippen LogP contribution in [-0.2, 0) is 0 Å². The number of nitrogens with zero attached hydrogens (tertiary/aromatic N) is 2. The van der Waals surface area contributed by atoms with Crippen LogP contribution in [0.4, 0.5) is 11.6 Å². The maximum Gasteiger partial charge on any atom is 0.172 e. The van der Waals surface area contributed by atoms with E-state index in [-0.39, 0.29) is 5.78 Å². The van der Waals surface area contributed by atoms with Gasteiger partial charge in [0.15, 0.2) is 5.78 Å². The van der Waals surface area contributed by atoms with Crippen LogP contribution in [0.5, 0.6) is 0 Å². The average Bonchev–Trinajstić information content (AvgIpc) is 3.04. The van der Waals surface area contributed by atoms with Gasteiger partial charge in [0.2, 0.25) is 0 Å². The Morgan fingerprint density at radius 3 is 2.83 bits per heavy atom. The number of aryl methyl sites for hydroxylation is 1. The lowest BCUT2D eigenvalue weighted by molar-refractivity contribution is 0.0992. The van der Waals surface area contributed by atoms with Crippen molar-refractivity contribution in [1.29, 1.82) is 0 Å². The molecule has 0 amide bonds. The first kappa shape index (κ1) is 15.4. The molecule has 116 valence electrons. The Bertz CT molecular complexity index is 842. The van der Waals surface area contributed by atoms with Gasteiger partial charge in [-0.3, -0.25) is 4.79 Å². The molecular weight excluding hydrogens is 306 g/mol. The number of thiophene rings is 1. The number of carbonyl (C=O) groups is 1. The van der Waals surface area contributed by atoms with E-state index in [4.69, 9.17) is 0 Å². The van der Waals surface area contributed by atoms with Gasteiger partial charge < -0.3 is 5.32 Å². The number of aromatic nitrogens is 2. The number of hydrogen-bond acceptors (Lipinski definition) is 5. The Kier molecular flexibility index (Phi) is 4.48. The van der Waals surface area contributed by atoms with Gasteiger partial charge in [0.25, 0.3) is 0 Å². The number of Topliss-reactive ketones (excluding diaryl/α,β-unsaturated/α-hetero) is 1. The molecule has 5 heteroatoms. The third-order valence-corrected chi connectivity index (χ3v) is 4.52. The van der Waals surface area contributed by atoms with Crippen molar-refractivity contribution in [1.82, 2.24) is 9.97 Å². The molecule has 3 aromatic rings. The van der Waals surface area contributed by atoms with E-state index in [1.165, 1.54) is 11.3 Å². The lowest BCUT2D eigenvalue weighted by Crippen LogP contribution is -1.96. The molecule has 0 aromatic carbocycles. The molecule has 1 N–H and O–H groups in total.